The van der Waals surface area contributed by atoms with E-state index in [0.29, 0.717) is 22.3 Å². The largest absolute Gasteiger partial charge is 0.289 e. The molecule has 6 rings (SSSR count). The van der Waals surface area contributed by atoms with Crippen molar-refractivity contribution in [2.45, 2.75) is 0 Å². The topological polar surface area (TPSA) is 34.1 Å². The van der Waals surface area contributed by atoms with E-state index in [2.05, 4.69) is 24.3 Å². The van der Waals surface area contributed by atoms with Crippen LogP contribution >= 0.6 is 0 Å². The lowest BCUT2D eigenvalue weighted by atomic mass is 9.81. The molecule has 0 atom stereocenters. The Morgan fingerprint density at radius 3 is 1.00 bits per heavy atom. The van der Waals surface area contributed by atoms with Crippen LogP contribution < -0.4 is 0 Å². The smallest absolute Gasteiger partial charge is 0.194 e. The summed E-state index contributed by atoms with van der Waals surface area (Å²) in [6, 6.07) is 27.5. The summed E-state index contributed by atoms with van der Waals surface area (Å²) in [6.07, 6.45) is 0. The van der Waals surface area contributed by atoms with Gasteiger partial charge in [-0.05, 0) is 68.7 Å². The molecular formula is C26H14O2. The van der Waals surface area contributed by atoms with Crippen LogP contribution in [0.3, 0.4) is 0 Å². The lowest BCUT2D eigenvalue weighted by Crippen LogP contribution is -2.20. The Kier molecular flexibility index (Phi) is 2.93. The van der Waals surface area contributed by atoms with Gasteiger partial charge in [-0.1, -0.05) is 48.5 Å². The maximum absolute atomic E-state index is 13.3. The molecule has 0 radical (unpaired) electrons. The Bertz CT molecular complexity index is 1380. The van der Waals surface area contributed by atoms with Crippen molar-refractivity contribution in [1.29, 1.82) is 0 Å². The second kappa shape index (κ2) is 5.37. The number of fused-ring (bicyclic) bond motifs is 5. The summed E-state index contributed by atoms with van der Waals surface area (Å²) in [5.74, 6) is -0.157. The van der Waals surface area contributed by atoms with Crippen LogP contribution in [-0.4, -0.2) is 11.6 Å². The van der Waals surface area contributed by atoms with Crippen molar-refractivity contribution in [1.82, 2.24) is 0 Å². The third kappa shape index (κ3) is 2.03. The van der Waals surface area contributed by atoms with Crippen molar-refractivity contribution in [2.24, 2.45) is 0 Å². The van der Waals surface area contributed by atoms with Gasteiger partial charge in [0.25, 0.3) is 0 Å². The lowest BCUT2D eigenvalue weighted by molar-refractivity contribution is 0.0979. The summed E-state index contributed by atoms with van der Waals surface area (Å²) < 4.78 is 0. The normalized spacial score (nSPS) is 13.1. The van der Waals surface area contributed by atoms with Crippen molar-refractivity contribution in [3.05, 3.63) is 107 Å². The van der Waals surface area contributed by atoms with Gasteiger partial charge in [0.2, 0.25) is 0 Å². The fourth-order valence-electron chi connectivity index (χ4n) is 4.27. The molecule has 0 saturated carbocycles. The van der Waals surface area contributed by atoms with Crippen molar-refractivity contribution in [2.75, 3.05) is 0 Å². The lowest BCUT2D eigenvalue weighted by Gasteiger charge is -2.19. The van der Waals surface area contributed by atoms with E-state index in [1.165, 1.54) is 0 Å². The van der Waals surface area contributed by atoms with E-state index in [9.17, 15) is 9.59 Å². The van der Waals surface area contributed by atoms with E-state index in [-0.39, 0.29) is 11.6 Å². The molecule has 0 fully saturated rings. The van der Waals surface area contributed by atoms with Crippen molar-refractivity contribution in [3.8, 4) is 0 Å². The Hall–Kier alpha value is -3.78. The summed E-state index contributed by atoms with van der Waals surface area (Å²) in [6.45, 7) is 0. The Balaban J connectivity index is 1.65. The molecule has 0 aliphatic heterocycles. The molecule has 0 aromatic heterocycles. The van der Waals surface area contributed by atoms with Crippen LogP contribution in [0.15, 0.2) is 84.9 Å². The molecule has 5 aromatic carbocycles. The number of carbonyl (C=O) groups excluding carboxylic acids is 2. The summed E-state index contributed by atoms with van der Waals surface area (Å²) in [7, 11) is 0. The van der Waals surface area contributed by atoms with Gasteiger partial charge in [-0.25, -0.2) is 0 Å². The summed E-state index contributed by atoms with van der Waals surface area (Å²) in [5, 5.41) is 6.13. The number of hydrogen-bond acceptors (Lipinski definition) is 2. The van der Waals surface area contributed by atoms with Crippen LogP contribution in [0.4, 0.5) is 0 Å². The molecule has 0 heterocycles. The SMILES string of the molecule is O=C1c2cc3ccccc3cc2C(=O)c2cc3cc4ccccc4cc3cc21. The van der Waals surface area contributed by atoms with Gasteiger partial charge in [0.1, 0.15) is 0 Å². The maximum Gasteiger partial charge on any atom is 0.194 e. The van der Waals surface area contributed by atoms with Crippen LogP contribution in [0.2, 0.25) is 0 Å². The minimum absolute atomic E-state index is 0.0783. The maximum atomic E-state index is 13.3. The summed E-state index contributed by atoms with van der Waals surface area (Å²) in [4.78, 5) is 26.5. The zero-order valence-corrected chi connectivity index (χ0v) is 14.9. The molecular weight excluding hydrogens is 344 g/mol. The third-order valence-electron chi connectivity index (χ3n) is 5.71. The van der Waals surface area contributed by atoms with Gasteiger partial charge >= 0.3 is 0 Å². The van der Waals surface area contributed by atoms with Crippen LogP contribution in [0.1, 0.15) is 31.8 Å². The standard InChI is InChI=1S/C26H14O2/c27-25-21-11-17-7-3-4-8-18(17)12-22(21)26(28)24-14-20-10-16-6-2-1-5-15(16)9-19(20)13-23(24)25/h1-14H. The van der Waals surface area contributed by atoms with Gasteiger partial charge in [-0.3, -0.25) is 9.59 Å². The first kappa shape index (κ1) is 15.3. The predicted molar refractivity (Wildman–Crippen MR) is 112 cm³/mol. The first-order valence-electron chi connectivity index (χ1n) is 9.28. The van der Waals surface area contributed by atoms with Crippen LogP contribution in [0.25, 0.3) is 32.3 Å². The highest BCUT2D eigenvalue weighted by atomic mass is 16.1. The fraction of sp³-hybridized carbons (Fsp3) is 0. The second-order valence-corrected chi connectivity index (χ2v) is 7.35. The molecule has 1 aliphatic rings. The summed E-state index contributed by atoms with van der Waals surface area (Å²) >= 11 is 0. The van der Waals surface area contributed by atoms with E-state index in [1.54, 1.807) is 0 Å². The van der Waals surface area contributed by atoms with E-state index in [1.807, 2.05) is 60.7 Å². The third-order valence-corrected chi connectivity index (χ3v) is 5.71. The van der Waals surface area contributed by atoms with Crippen molar-refractivity contribution < 1.29 is 9.59 Å². The van der Waals surface area contributed by atoms with Crippen LogP contribution in [0, 0.1) is 0 Å². The van der Waals surface area contributed by atoms with Gasteiger partial charge in [-0.15, -0.1) is 0 Å². The van der Waals surface area contributed by atoms with Gasteiger partial charge < -0.3 is 0 Å². The van der Waals surface area contributed by atoms with Gasteiger partial charge in [0.15, 0.2) is 11.6 Å². The molecule has 0 N–H and O–H groups in total. The van der Waals surface area contributed by atoms with Crippen molar-refractivity contribution >= 4 is 43.9 Å². The number of ketones is 2. The zero-order valence-electron chi connectivity index (χ0n) is 14.9. The molecule has 0 unspecified atom stereocenters. The quantitative estimate of drug-likeness (QED) is 0.316. The van der Waals surface area contributed by atoms with Gasteiger partial charge in [0.05, 0.1) is 0 Å². The Labute approximate surface area is 161 Å². The highest BCUT2D eigenvalue weighted by Crippen LogP contribution is 2.34. The molecule has 0 amide bonds. The van der Waals surface area contributed by atoms with E-state index < -0.39 is 0 Å². The zero-order chi connectivity index (χ0) is 18.8. The first-order valence-corrected chi connectivity index (χ1v) is 9.28. The molecule has 0 bridgehead atoms. The number of carbonyl (C=O) groups is 2. The minimum atomic E-state index is -0.0783. The predicted octanol–water partition coefficient (Wildman–Crippen LogP) is 5.92. The van der Waals surface area contributed by atoms with Gasteiger partial charge in [0, 0.05) is 22.3 Å². The molecule has 5 aromatic rings. The first-order chi connectivity index (χ1) is 13.7. The number of rotatable bonds is 0. The second-order valence-electron chi connectivity index (χ2n) is 7.35. The number of benzene rings is 5. The average Bonchev–Trinajstić information content (AvgIpc) is 2.74. The molecule has 28 heavy (non-hydrogen) atoms. The molecule has 0 spiro atoms. The highest BCUT2D eigenvalue weighted by Gasteiger charge is 2.30. The monoisotopic (exact) mass is 358 g/mol. The van der Waals surface area contributed by atoms with Crippen LogP contribution in [0.5, 0.6) is 0 Å². The molecule has 0 saturated heterocycles. The van der Waals surface area contributed by atoms with E-state index in [0.717, 1.165) is 32.3 Å². The van der Waals surface area contributed by atoms with Crippen molar-refractivity contribution in [3.63, 3.8) is 0 Å². The number of hydrogen-bond donors (Lipinski definition) is 0. The average molecular weight is 358 g/mol. The molecule has 2 nitrogen and oxygen atoms in total. The van der Waals surface area contributed by atoms with Gasteiger partial charge in [-0.2, -0.15) is 0 Å². The minimum Gasteiger partial charge on any atom is -0.289 e. The highest BCUT2D eigenvalue weighted by molar-refractivity contribution is 6.30. The summed E-state index contributed by atoms with van der Waals surface area (Å²) in [5.41, 5.74) is 1.99. The Morgan fingerprint density at radius 2 is 0.643 bits per heavy atom. The fourth-order valence-corrected chi connectivity index (χ4v) is 4.27. The molecule has 2 heteroatoms. The Morgan fingerprint density at radius 1 is 0.357 bits per heavy atom. The molecule has 130 valence electrons. The van der Waals surface area contributed by atoms with E-state index >= 15 is 0 Å². The molecule has 1 aliphatic carbocycles. The van der Waals surface area contributed by atoms with E-state index in [4.69, 9.17) is 0 Å². The van der Waals surface area contributed by atoms with Crippen LogP contribution in [-0.2, 0) is 0 Å².